The van der Waals surface area contributed by atoms with Crippen LogP contribution in [-0.2, 0) is 0 Å². The maximum absolute atomic E-state index is 11.8. The number of aliphatic hydroxyl groups is 3. The van der Waals surface area contributed by atoms with Crippen molar-refractivity contribution in [3.05, 3.63) is 0 Å². The molecule has 0 aliphatic heterocycles. The predicted molar refractivity (Wildman–Crippen MR) is 167 cm³/mol. The Morgan fingerprint density at radius 2 is 1.40 bits per heavy atom. The van der Waals surface area contributed by atoms with Gasteiger partial charge in [-0.05, 0) is 124 Å². The maximum Gasteiger partial charge on any atom is 0.0602 e. The number of rotatable bonds is 16. The molecule has 234 valence electrons. The van der Waals surface area contributed by atoms with Crippen LogP contribution >= 0.6 is 0 Å². The van der Waals surface area contributed by atoms with Crippen molar-refractivity contribution in [1.29, 1.82) is 0 Å². The molecule has 0 aromatic heterocycles. The highest BCUT2D eigenvalue weighted by Gasteiger charge is 2.65. The first-order chi connectivity index (χ1) is 19.2. The minimum absolute atomic E-state index is 0.0671. The molecule has 4 saturated carbocycles. The van der Waals surface area contributed by atoms with Gasteiger partial charge in [0.2, 0.25) is 0 Å². The Kier molecular flexibility index (Phi) is 12.3. The van der Waals surface area contributed by atoms with Crippen molar-refractivity contribution in [2.45, 2.75) is 168 Å². The number of aliphatic hydroxyl groups excluding tert-OH is 3. The fourth-order valence-corrected chi connectivity index (χ4v) is 10.7. The van der Waals surface area contributed by atoms with Crippen molar-refractivity contribution in [3.63, 3.8) is 0 Å². The van der Waals surface area contributed by atoms with E-state index in [0.717, 1.165) is 45.2 Å². The molecule has 0 saturated heterocycles. The van der Waals surface area contributed by atoms with E-state index in [-0.39, 0.29) is 29.1 Å². The van der Waals surface area contributed by atoms with Gasteiger partial charge >= 0.3 is 0 Å². The van der Waals surface area contributed by atoms with Crippen molar-refractivity contribution in [2.24, 2.45) is 46.3 Å². The Hall–Kier alpha value is -0.160. The van der Waals surface area contributed by atoms with Crippen LogP contribution in [0.3, 0.4) is 0 Å². The van der Waals surface area contributed by atoms with E-state index >= 15 is 0 Å². The number of fused-ring (bicyclic) bond motifs is 5. The van der Waals surface area contributed by atoms with Crippen LogP contribution in [0.25, 0.3) is 0 Å². The van der Waals surface area contributed by atoms with Gasteiger partial charge in [-0.2, -0.15) is 0 Å². The molecule has 4 heteroatoms. The van der Waals surface area contributed by atoms with Crippen LogP contribution in [0.5, 0.6) is 0 Å². The van der Waals surface area contributed by atoms with E-state index in [1.165, 1.54) is 89.9 Å². The molecule has 4 unspecified atom stereocenters. The highest BCUT2D eigenvalue weighted by Crippen LogP contribution is 2.68. The number of unbranched alkanes of at least 4 members (excludes halogenated alkanes) is 9. The van der Waals surface area contributed by atoms with Gasteiger partial charge in [-0.1, -0.05) is 85.5 Å². The van der Waals surface area contributed by atoms with Crippen molar-refractivity contribution in [1.82, 2.24) is 5.32 Å². The molecule has 0 heterocycles. The molecule has 0 spiro atoms. The van der Waals surface area contributed by atoms with E-state index in [4.69, 9.17) is 0 Å². The van der Waals surface area contributed by atoms with Crippen LogP contribution < -0.4 is 5.32 Å². The second kappa shape index (κ2) is 15.0. The van der Waals surface area contributed by atoms with Crippen LogP contribution in [0.1, 0.15) is 150 Å². The molecule has 4 aliphatic rings. The van der Waals surface area contributed by atoms with Crippen molar-refractivity contribution >= 4 is 0 Å². The molecule has 4 aliphatic carbocycles. The molecule has 0 amide bonds. The van der Waals surface area contributed by atoms with Gasteiger partial charge in [0.25, 0.3) is 0 Å². The number of nitrogens with one attached hydrogen (secondary N) is 1. The molecule has 11 atom stereocenters. The zero-order chi connectivity index (χ0) is 28.8. The van der Waals surface area contributed by atoms with Gasteiger partial charge in [-0.15, -0.1) is 0 Å². The molecule has 4 rings (SSSR count). The monoisotopic (exact) mass is 562 g/mol. The fourth-order valence-electron chi connectivity index (χ4n) is 10.7. The summed E-state index contributed by atoms with van der Waals surface area (Å²) in [6.07, 6.45) is 22.5. The van der Waals surface area contributed by atoms with Gasteiger partial charge in [0, 0.05) is 0 Å². The first kappa shape index (κ1) is 32.7. The van der Waals surface area contributed by atoms with Crippen LogP contribution in [0, 0.1) is 46.3 Å². The second-order valence-corrected chi connectivity index (χ2v) is 15.6. The summed E-state index contributed by atoms with van der Waals surface area (Å²) in [5, 5.41) is 37.3. The zero-order valence-corrected chi connectivity index (χ0v) is 26.9. The van der Waals surface area contributed by atoms with E-state index < -0.39 is 0 Å². The normalized spacial score (nSPS) is 41.8. The third kappa shape index (κ3) is 7.13. The van der Waals surface area contributed by atoms with Gasteiger partial charge in [-0.3, -0.25) is 0 Å². The average molecular weight is 562 g/mol. The highest BCUT2D eigenvalue weighted by molar-refractivity contribution is 5.14. The Labute approximate surface area is 247 Å². The SMILES string of the molecule is CCCCCCCCCCCCNCCCC(C)[C@H]1CC[C@H]2C3C(O)CC4C[C@H](O)CC[C@]4(C)[C@H]3C[C@H](O)[C@]12C. The van der Waals surface area contributed by atoms with Gasteiger partial charge in [0.15, 0.2) is 0 Å². The standard InChI is InChI=1S/C36H67NO3/c1-5-6-7-8-9-10-11-12-13-14-21-37-22-15-16-26(2)29-17-18-30-34-31(25-33(40)36(29,30)4)35(3)20-19-28(38)23-27(35)24-32(34)39/h26-34,37-40H,5-25H2,1-4H3/t26?,27?,28-,29-,30+,31+,32?,33+,34?,35+,36-/m1/s1. The summed E-state index contributed by atoms with van der Waals surface area (Å²) in [6, 6.07) is 0. The van der Waals surface area contributed by atoms with Gasteiger partial charge < -0.3 is 20.6 Å². The van der Waals surface area contributed by atoms with Crippen LogP contribution in [-0.4, -0.2) is 46.7 Å². The van der Waals surface area contributed by atoms with Crippen molar-refractivity contribution in [3.8, 4) is 0 Å². The minimum Gasteiger partial charge on any atom is -0.393 e. The molecular formula is C36H67NO3. The largest absolute Gasteiger partial charge is 0.393 e. The van der Waals surface area contributed by atoms with E-state index in [1.807, 2.05) is 0 Å². The Morgan fingerprint density at radius 1 is 0.750 bits per heavy atom. The summed E-state index contributed by atoms with van der Waals surface area (Å²) in [7, 11) is 0. The first-order valence-electron chi connectivity index (χ1n) is 18.0. The molecule has 0 bridgehead atoms. The average Bonchev–Trinajstić information content (AvgIpc) is 3.29. The Balaban J connectivity index is 1.17. The fraction of sp³-hybridized carbons (Fsp3) is 1.00. The lowest BCUT2D eigenvalue weighted by molar-refractivity contribution is -0.207. The molecule has 0 aromatic carbocycles. The van der Waals surface area contributed by atoms with E-state index in [2.05, 4.69) is 33.0 Å². The predicted octanol–water partition coefficient (Wildman–Crippen LogP) is 7.87. The summed E-state index contributed by atoms with van der Waals surface area (Å²) >= 11 is 0. The van der Waals surface area contributed by atoms with Crippen molar-refractivity contribution in [2.75, 3.05) is 13.1 Å². The Morgan fingerprint density at radius 3 is 2.10 bits per heavy atom. The molecule has 0 radical (unpaired) electrons. The minimum atomic E-state index is -0.269. The quantitative estimate of drug-likeness (QED) is 0.145. The third-order valence-electron chi connectivity index (χ3n) is 13.2. The lowest BCUT2D eigenvalue weighted by Crippen LogP contribution is -2.62. The molecule has 4 nitrogen and oxygen atoms in total. The second-order valence-electron chi connectivity index (χ2n) is 15.6. The van der Waals surface area contributed by atoms with Gasteiger partial charge in [0.05, 0.1) is 18.3 Å². The Bertz CT molecular complexity index is 746. The van der Waals surface area contributed by atoms with E-state index in [0.29, 0.717) is 35.5 Å². The van der Waals surface area contributed by atoms with Crippen molar-refractivity contribution < 1.29 is 15.3 Å². The third-order valence-corrected chi connectivity index (χ3v) is 13.2. The first-order valence-corrected chi connectivity index (χ1v) is 18.0. The van der Waals surface area contributed by atoms with Gasteiger partial charge in [0.1, 0.15) is 0 Å². The summed E-state index contributed by atoms with van der Waals surface area (Å²) in [5.41, 5.74) is 0.0947. The van der Waals surface area contributed by atoms with Gasteiger partial charge in [-0.25, -0.2) is 0 Å². The maximum atomic E-state index is 11.8. The molecule has 0 aromatic rings. The molecular weight excluding hydrogens is 494 g/mol. The lowest BCUT2D eigenvalue weighted by atomic mass is 9.43. The van der Waals surface area contributed by atoms with E-state index in [9.17, 15) is 15.3 Å². The number of hydrogen-bond donors (Lipinski definition) is 4. The van der Waals surface area contributed by atoms with E-state index in [1.54, 1.807) is 0 Å². The summed E-state index contributed by atoms with van der Waals surface area (Å²) in [5.74, 6) is 2.72. The van der Waals surface area contributed by atoms with Crippen LogP contribution in [0.15, 0.2) is 0 Å². The summed E-state index contributed by atoms with van der Waals surface area (Å²) < 4.78 is 0. The zero-order valence-electron chi connectivity index (χ0n) is 26.9. The van der Waals surface area contributed by atoms with Crippen LogP contribution in [0.4, 0.5) is 0 Å². The summed E-state index contributed by atoms with van der Waals surface area (Å²) in [4.78, 5) is 0. The molecule has 4 fully saturated rings. The summed E-state index contributed by atoms with van der Waals surface area (Å²) in [6.45, 7) is 11.8. The smallest absolute Gasteiger partial charge is 0.0602 e. The molecule has 4 N–H and O–H groups in total. The lowest BCUT2D eigenvalue weighted by Gasteiger charge is -2.63. The molecule has 40 heavy (non-hydrogen) atoms. The topological polar surface area (TPSA) is 72.7 Å². The van der Waals surface area contributed by atoms with Crippen LogP contribution in [0.2, 0.25) is 0 Å². The number of hydrogen-bond acceptors (Lipinski definition) is 4. The highest BCUT2D eigenvalue weighted by atomic mass is 16.3.